The summed E-state index contributed by atoms with van der Waals surface area (Å²) in [5.74, 6) is -0.0235. The van der Waals surface area contributed by atoms with Gasteiger partial charge in [-0.25, -0.2) is 0 Å². The Labute approximate surface area is 170 Å². The summed E-state index contributed by atoms with van der Waals surface area (Å²) in [4.78, 5) is 29.5. The molecule has 1 saturated heterocycles. The van der Waals surface area contributed by atoms with E-state index in [4.69, 9.17) is 0 Å². The van der Waals surface area contributed by atoms with Crippen molar-refractivity contribution in [3.63, 3.8) is 0 Å². The van der Waals surface area contributed by atoms with Gasteiger partial charge in [-0.3, -0.25) is 19.1 Å². The number of carbonyl (C=O) groups is 1. The topological polar surface area (TPSA) is 45.6 Å². The molecule has 0 spiro atoms. The fraction of sp³-hybridized carbons (Fsp3) is 0.250. The zero-order valence-corrected chi connectivity index (χ0v) is 16.6. The first kappa shape index (κ1) is 19.2. The molecule has 0 aliphatic carbocycles. The minimum Gasteiger partial charge on any atom is -0.336 e. The van der Waals surface area contributed by atoms with Crippen LogP contribution in [0.3, 0.4) is 0 Å². The molecule has 0 bridgehead atoms. The molecule has 0 N–H and O–H groups in total. The summed E-state index contributed by atoms with van der Waals surface area (Å²) in [5, 5.41) is 0. The summed E-state index contributed by atoms with van der Waals surface area (Å²) in [7, 11) is 0. The molecule has 1 aliphatic rings. The van der Waals surface area contributed by atoms with Gasteiger partial charge in [-0.2, -0.15) is 0 Å². The van der Waals surface area contributed by atoms with Crippen LogP contribution < -0.4 is 5.56 Å². The minimum atomic E-state index is -0.143. The van der Waals surface area contributed by atoms with E-state index in [1.807, 2.05) is 35.2 Å². The lowest BCUT2D eigenvalue weighted by molar-refractivity contribution is 0.0628. The van der Waals surface area contributed by atoms with Crippen molar-refractivity contribution in [1.29, 1.82) is 0 Å². The van der Waals surface area contributed by atoms with Crippen molar-refractivity contribution in [2.45, 2.75) is 13.5 Å². The maximum Gasteiger partial charge on any atom is 0.255 e. The van der Waals surface area contributed by atoms with Crippen LogP contribution in [-0.4, -0.2) is 46.5 Å². The lowest BCUT2D eigenvalue weighted by atomic mass is 10.1. The van der Waals surface area contributed by atoms with E-state index in [0.717, 1.165) is 25.3 Å². The van der Waals surface area contributed by atoms with Gasteiger partial charge in [-0.05, 0) is 30.7 Å². The Bertz CT molecular complexity index is 1030. The number of carbonyl (C=O) groups excluding carboxylic acids is 1. The number of para-hydroxylation sites is 1. The van der Waals surface area contributed by atoms with Crippen molar-refractivity contribution in [3.05, 3.63) is 100.0 Å². The second-order valence-electron chi connectivity index (χ2n) is 7.52. The third-order valence-corrected chi connectivity index (χ3v) is 5.38. The number of nitrogens with zero attached hydrogens (tertiary/aromatic N) is 3. The Balaban J connectivity index is 1.42. The lowest BCUT2D eigenvalue weighted by Crippen LogP contribution is -2.48. The Kier molecular flexibility index (Phi) is 5.58. The van der Waals surface area contributed by atoms with Crippen LogP contribution in [-0.2, 0) is 6.54 Å². The van der Waals surface area contributed by atoms with Crippen LogP contribution in [0.25, 0.3) is 5.69 Å². The monoisotopic (exact) mass is 387 g/mol. The first-order valence-electron chi connectivity index (χ1n) is 9.95. The van der Waals surface area contributed by atoms with Crippen LogP contribution in [0.5, 0.6) is 0 Å². The van der Waals surface area contributed by atoms with E-state index in [1.165, 1.54) is 21.8 Å². The molecule has 2 aromatic carbocycles. The predicted octanol–water partition coefficient (Wildman–Crippen LogP) is 3.10. The average molecular weight is 387 g/mol. The van der Waals surface area contributed by atoms with Crippen molar-refractivity contribution in [2.75, 3.05) is 26.2 Å². The summed E-state index contributed by atoms with van der Waals surface area (Å²) in [5.41, 5.74) is 3.72. The van der Waals surface area contributed by atoms with E-state index in [2.05, 4.69) is 36.1 Å². The van der Waals surface area contributed by atoms with Gasteiger partial charge < -0.3 is 4.90 Å². The molecule has 29 heavy (non-hydrogen) atoms. The summed E-state index contributed by atoms with van der Waals surface area (Å²) >= 11 is 0. The molecule has 0 radical (unpaired) electrons. The van der Waals surface area contributed by atoms with E-state index < -0.39 is 0 Å². The van der Waals surface area contributed by atoms with Gasteiger partial charge in [0, 0.05) is 50.7 Å². The molecule has 2 heterocycles. The highest BCUT2D eigenvalue weighted by Crippen LogP contribution is 2.13. The molecule has 3 aromatic rings. The van der Waals surface area contributed by atoms with Gasteiger partial charge in [0.25, 0.3) is 11.5 Å². The zero-order chi connectivity index (χ0) is 20.2. The lowest BCUT2D eigenvalue weighted by Gasteiger charge is -2.34. The second-order valence-corrected chi connectivity index (χ2v) is 7.52. The van der Waals surface area contributed by atoms with Crippen LogP contribution in [0.15, 0.2) is 77.7 Å². The van der Waals surface area contributed by atoms with Crippen LogP contribution in [0.2, 0.25) is 0 Å². The number of amides is 1. The SMILES string of the molecule is Cc1ccc(CN2CCN(C(=O)c3ccc(=O)n(-c4ccccc4)c3)CC2)cc1. The van der Waals surface area contributed by atoms with Gasteiger partial charge in [-0.15, -0.1) is 0 Å². The summed E-state index contributed by atoms with van der Waals surface area (Å²) < 4.78 is 1.53. The summed E-state index contributed by atoms with van der Waals surface area (Å²) in [6.07, 6.45) is 1.65. The molecule has 1 amide bonds. The molecule has 148 valence electrons. The average Bonchev–Trinajstić information content (AvgIpc) is 2.76. The van der Waals surface area contributed by atoms with Gasteiger partial charge in [-0.1, -0.05) is 48.0 Å². The van der Waals surface area contributed by atoms with Crippen molar-refractivity contribution < 1.29 is 4.79 Å². The molecule has 0 unspecified atom stereocenters. The minimum absolute atomic E-state index is 0.0235. The third kappa shape index (κ3) is 4.46. The first-order chi connectivity index (χ1) is 14.1. The van der Waals surface area contributed by atoms with E-state index in [9.17, 15) is 9.59 Å². The maximum atomic E-state index is 13.0. The molecular weight excluding hydrogens is 362 g/mol. The number of aryl methyl sites for hydroxylation is 1. The highest BCUT2D eigenvalue weighted by molar-refractivity contribution is 5.94. The van der Waals surface area contributed by atoms with Crippen LogP contribution in [0, 0.1) is 6.92 Å². The zero-order valence-electron chi connectivity index (χ0n) is 16.6. The fourth-order valence-electron chi connectivity index (χ4n) is 3.65. The Morgan fingerprint density at radius 2 is 1.55 bits per heavy atom. The van der Waals surface area contributed by atoms with E-state index >= 15 is 0 Å². The maximum absolute atomic E-state index is 13.0. The molecule has 1 aromatic heterocycles. The molecular formula is C24H25N3O2. The van der Waals surface area contributed by atoms with Crippen molar-refractivity contribution in [2.24, 2.45) is 0 Å². The van der Waals surface area contributed by atoms with Crippen molar-refractivity contribution >= 4 is 5.91 Å². The quantitative estimate of drug-likeness (QED) is 0.691. The number of aromatic nitrogens is 1. The van der Waals surface area contributed by atoms with Crippen molar-refractivity contribution in [1.82, 2.24) is 14.4 Å². The summed E-state index contributed by atoms with van der Waals surface area (Å²) in [6.45, 7) is 6.07. The summed E-state index contributed by atoms with van der Waals surface area (Å²) in [6, 6.07) is 21.1. The van der Waals surface area contributed by atoms with Gasteiger partial charge in [0.15, 0.2) is 0 Å². The van der Waals surface area contributed by atoms with Gasteiger partial charge in [0.2, 0.25) is 0 Å². The number of pyridine rings is 1. The highest BCUT2D eigenvalue weighted by Gasteiger charge is 2.22. The normalized spacial score (nSPS) is 14.7. The Morgan fingerprint density at radius 1 is 0.862 bits per heavy atom. The van der Waals surface area contributed by atoms with Gasteiger partial charge >= 0.3 is 0 Å². The van der Waals surface area contributed by atoms with E-state index in [-0.39, 0.29) is 11.5 Å². The standard InChI is InChI=1S/C24H25N3O2/c1-19-7-9-20(10-8-19)17-25-13-15-26(16-14-25)24(29)21-11-12-23(28)27(18-21)22-5-3-2-4-6-22/h2-12,18H,13-17H2,1H3. The van der Waals surface area contributed by atoms with Gasteiger partial charge in [0.1, 0.15) is 0 Å². The third-order valence-electron chi connectivity index (χ3n) is 5.38. The van der Waals surface area contributed by atoms with Crippen molar-refractivity contribution in [3.8, 4) is 5.69 Å². The number of rotatable bonds is 4. The molecule has 1 fully saturated rings. The molecule has 0 saturated carbocycles. The molecule has 4 rings (SSSR count). The number of hydrogen-bond acceptors (Lipinski definition) is 3. The molecule has 1 aliphatic heterocycles. The van der Waals surface area contributed by atoms with E-state index in [0.29, 0.717) is 18.7 Å². The molecule has 5 nitrogen and oxygen atoms in total. The molecule has 0 atom stereocenters. The van der Waals surface area contributed by atoms with Crippen LogP contribution >= 0.6 is 0 Å². The van der Waals surface area contributed by atoms with Crippen LogP contribution in [0.1, 0.15) is 21.5 Å². The Morgan fingerprint density at radius 3 is 2.24 bits per heavy atom. The van der Waals surface area contributed by atoms with E-state index in [1.54, 1.807) is 12.3 Å². The second kappa shape index (κ2) is 8.45. The molecule has 5 heteroatoms. The largest absolute Gasteiger partial charge is 0.336 e. The van der Waals surface area contributed by atoms with Crippen LogP contribution in [0.4, 0.5) is 0 Å². The van der Waals surface area contributed by atoms with Gasteiger partial charge in [0.05, 0.1) is 5.56 Å². The first-order valence-corrected chi connectivity index (χ1v) is 9.95. The fourth-order valence-corrected chi connectivity index (χ4v) is 3.65. The number of benzene rings is 2. The smallest absolute Gasteiger partial charge is 0.255 e. The Hall–Kier alpha value is -3.18. The number of piperazine rings is 1. The highest BCUT2D eigenvalue weighted by atomic mass is 16.2. The predicted molar refractivity (Wildman–Crippen MR) is 114 cm³/mol. The number of hydrogen-bond donors (Lipinski definition) is 0.